The van der Waals surface area contributed by atoms with Crippen molar-refractivity contribution >= 4 is 39.9 Å². The Hall–Kier alpha value is -0.630. The molecule has 2 aromatic heterocycles. The molecular weight excluding hydrogens is 299 g/mol. The molecule has 68 valence electrons. The molecule has 0 bridgehead atoms. The highest BCUT2D eigenvalue weighted by Crippen LogP contribution is 2.24. The molecule has 0 fully saturated rings. The van der Waals surface area contributed by atoms with E-state index in [0.717, 1.165) is 5.56 Å². The van der Waals surface area contributed by atoms with Crippen LogP contribution < -0.4 is 5.73 Å². The van der Waals surface area contributed by atoms with Crippen LogP contribution in [0.1, 0.15) is 0 Å². The minimum atomic E-state index is 0.441. The first kappa shape index (κ1) is 8.95. The van der Waals surface area contributed by atoms with Crippen molar-refractivity contribution in [1.82, 2.24) is 14.8 Å². The molecule has 0 saturated carbocycles. The van der Waals surface area contributed by atoms with Crippen LogP contribution in [0, 0.1) is 2.88 Å². The second kappa shape index (κ2) is 3.26. The van der Waals surface area contributed by atoms with Crippen LogP contribution in [-0.4, -0.2) is 14.8 Å². The summed E-state index contributed by atoms with van der Waals surface area (Å²) in [7, 11) is 1.78. The van der Waals surface area contributed by atoms with Crippen molar-refractivity contribution in [3.8, 4) is 11.4 Å². The summed E-state index contributed by atoms with van der Waals surface area (Å²) in [5.74, 6) is 1.13. The Balaban J connectivity index is 2.46. The van der Waals surface area contributed by atoms with Gasteiger partial charge in [0.2, 0.25) is 5.95 Å². The summed E-state index contributed by atoms with van der Waals surface area (Å²) in [6, 6.07) is 2.04. The molecule has 2 heterocycles. The van der Waals surface area contributed by atoms with Gasteiger partial charge in [-0.1, -0.05) is 0 Å². The van der Waals surface area contributed by atoms with Gasteiger partial charge in [-0.2, -0.15) is 4.98 Å². The van der Waals surface area contributed by atoms with Crippen LogP contribution in [0.15, 0.2) is 11.4 Å². The van der Waals surface area contributed by atoms with Crippen LogP contribution in [-0.2, 0) is 7.05 Å². The number of halogens is 1. The summed E-state index contributed by atoms with van der Waals surface area (Å²) in [6.07, 6.45) is 0. The molecule has 0 saturated heterocycles. The van der Waals surface area contributed by atoms with Crippen molar-refractivity contribution in [3.63, 3.8) is 0 Å². The highest BCUT2D eigenvalue weighted by molar-refractivity contribution is 14.1. The van der Waals surface area contributed by atoms with Crippen LogP contribution in [0.5, 0.6) is 0 Å². The zero-order valence-corrected chi connectivity index (χ0v) is 9.83. The number of nitrogens with zero attached hydrogens (tertiary/aromatic N) is 3. The molecular formula is C7H7IN4S. The fourth-order valence-electron chi connectivity index (χ4n) is 0.946. The number of aromatic nitrogens is 3. The lowest BCUT2D eigenvalue weighted by atomic mass is 10.3. The lowest BCUT2D eigenvalue weighted by molar-refractivity contribution is 0.781. The van der Waals surface area contributed by atoms with Crippen molar-refractivity contribution in [3.05, 3.63) is 14.3 Å². The minimum absolute atomic E-state index is 0.441. The molecule has 0 aliphatic rings. The second-order valence-electron chi connectivity index (χ2n) is 2.56. The molecule has 0 unspecified atom stereocenters. The van der Waals surface area contributed by atoms with E-state index in [4.69, 9.17) is 5.73 Å². The number of hydrogen-bond acceptors (Lipinski definition) is 4. The number of nitrogens with two attached hydrogens (primary N) is 1. The molecule has 6 heteroatoms. The van der Waals surface area contributed by atoms with Gasteiger partial charge >= 0.3 is 0 Å². The van der Waals surface area contributed by atoms with Crippen molar-refractivity contribution in [2.24, 2.45) is 7.05 Å². The Morgan fingerprint density at radius 3 is 2.85 bits per heavy atom. The van der Waals surface area contributed by atoms with Crippen molar-refractivity contribution in [1.29, 1.82) is 0 Å². The first-order valence-corrected chi connectivity index (χ1v) is 5.53. The molecule has 0 aromatic carbocycles. The Bertz CT molecular complexity index is 414. The van der Waals surface area contributed by atoms with Crippen LogP contribution in [0.25, 0.3) is 11.4 Å². The van der Waals surface area contributed by atoms with Crippen LogP contribution in [0.4, 0.5) is 5.95 Å². The van der Waals surface area contributed by atoms with Crippen molar-refractivity contribution < 1.29 is 0 Å². The van der Waals surface area contributed by atoms with E-state index in [1.165, 1.54) is 2.88 Å². The molecule has 0 spiro atoms. The maximum Gasteiger partial charge on any atom is 0.218 e. The van der Waals surface area contributed by atoms with Gasteiger partial charge < -0.3 is 5.73 Å². The fourth-order valence-corrected chi connectivity index (χ4v) is 2.27. The third-order valence-electron chi connectivity index (χ3n) is 1.62. The molecule has 13 heavy (non-hydrogen) atoms. The first-order chi connectivity index (χ1) is 6.16. The van der Waals surface area contributed by atoms with Crippen LogP contribution >= 0.6 is 33.9 Å². The van der Waals surface area contributed by atoms with E-state index in [-0.39, 0.29) is 0 Å². The van der Waals surface area contributed by atoms with Gasteiger partial charge in [-0.15, -0.1) is 16.4 Å². The molecule has 0 radical (unpaired) electrons. The summed E-state index contributed by atoms with van der Waals surface area (Å²) >= 11 is 3.94. The number of hydrogen-bond donors (Lipinski definition) is 1. The molecule has 0 atom stereocenters. The average Bonchev–Trinajstić information content (AvgIpc) is 2.61. The molecule has 0 amide bonds. The van der Waals surface area contributed by atoms with Gasteiger partial charge in [-0.05, 0) is 28.7 Å². The second-order valence-corrected chi connectivity index (χ2v) is 5.36. The monoisotopic (exact) mass is 306 g/mol. The van der Waals surface area contributed by atoms with Crippen molar-refractivity contribution in [2.45, 2.75) is 0 Å². The fraction of sp³-hybridized carbons (Fsp3) is 0.143. The number of rotatable bonds is 1. The van der Waals surface area contributed by atoms with Gasteiger partial charge in [-0.3, -0.25) is 0 Å². The Morgan fingerprint density at radius 1 is 1.62 bits per heavy atom. The quantitative estimate of drug-likeness (QED) is 0.816. The molecule has 0 aliphatic carbocycles. The SMILES string of the molecule is Cn1nc(-c2csc(I)c2)nc1N. The minimum Gasteiger partial charge on any atom is -0.368 e. The van der Waals surface area contributed by atoms with E-state index in [1.807, 2.05) is 11.4 Å². The maximum atomic E-state index is 5.58. The van der Waals surface area contributed by atoms with Crippen LogP contribution in [0.3, 0.4) is 0 Å². The van der Waals surface area contributed by atoms with E-state index in [2.05, 4.69) is 32.7 Å². The topological polar surface area (TPSA) is 56.7 Å². The molecule has 0 aliphatic heterocycles. The summed E-state index contributed by atoms with van der Waals surface area (Å²) in [4.78, 5) is 4.13. The predicted octanol–water partition coefficient (Wildman–Crippen LogP) is 1.73. The lowest BCUT2D eigenvalue weighted by Gasteiger charge is -1.85. The summed E-state index contributed by atoms with van der Waals surface area (Å²) in [6.45, 7) is 0. The van der Waals surface area contributed by atoms with E-state index < -0.39 is 0 Å². The number of anilines is 1. The largest absolute Gasteiger partial charge is 0.368 e. The van der Waals surface area contributed by atoms with Gasteiger partial charge in [0.25, 0.3) is 0 Å². The predicted molar refractivity (Wildman–Crippen MR) is 61.4 cm³/mol. The van der Waals surface area contributed by atoms with E-state index >= 15 is 0 Å². The van der Waals surface area contributed by atoms with Gasteiger partial charge in [0, 0.05) is 18.0 Å². The van der Waals surface area contributed by atoms with E-state index in [1.54, 1.807) is 23.1 Å². The highest BCUT2D eigenvalue weighted by Gasteiger charge is 2.07. The normalized spacial score (nSPS) is 10.6. The third-order valence-corrected chi connectivity index (χ3v) is 3.41. The maximum absolute atomic E-state index is 5.58. The zero-order valence-electron chi connectivity index (χ0n) is 6.86. The van der Waals surface area contributed by atoms with Gasteiger partial charge in [0.1, 0.15) is 0 Å². The van der Waals surface area contributed by atoms with Gasteiger partial charge in [0.05, 0.1) is 2.88 Å². The van der Waals surface area contributed by atoms with E-state index in [9.17, 15) is 0 Å². The smallest absolute Gasteiger partial charge is 0.218 e. The number of aryl methyl sites for hydroxylation is 1. The number of nitrogen functional groups attached to an aromatic ring is 1. The zero-order chi connectivity index (χ0) is 9.42. The Kier molecular flexibility index (Phi) is 2.24. The van der Waals surface area contributed by atoms with Crippen LogP contribution in [0.2, 0.25) is 0 Å². The molecule has 4 nitrogen and oxygen atoms in total. The third kappa shape index (κ3) is 1.68. The van der Waals surface area contributed by atoms with E-state index in [0.29, 0.717) is 11.8 Å². The first-order valence-electron chi connectivity index (χ1n) is 3.58. The highest BCUT2D eigenvalue weighted by atomic mass is 127. The molecule has 2 N–H and O–H groups in total. The van der Waals surface area contributed by atoms with Gasteiger partial charge in [0.15, 0.2) is 5.82 Å². The lowest BCUT2D eigenvalue weighted by Crippen LogP contribution is -1.97. The van der Waals surface area contributed by atoms with Gasteiger partial charge in [-0.25, -0.2) is 4.68 Å². The summed E-state index contributed by atoms with van der Waals surface area (Å²) < 4.78 is 2.79. The summed E-state index contributed by atoms with van der Waals surface area (Å²) in [5, 5.41) is 6.20. The number of thiophene rings is 1. The molecule has 2 aromatic rings. The molecule has 2 rings (SSSR count). The Morgan fingerprint density at radius 2 is 2.38 bits per heavy atom. The Labute approximate surface area is 92.9 Å². The summed E-state index contributed by atoms with van der Waals surface area (Å²) in [5.41, 5.74) is 6.61. The average molecular weight is 306 g/mol. The standard InChI is InChI=1S/C7H7IN4S/c1-12-7(9)10-6(11-12)4-2-5(8)13-3-4/h2-3H,1H3,(H2,9,10,11). The van der Waals surface area contributed by atoms with Crippen molar-refractivity contribution in [2.75, 3.05) is 5.73 Å².